The minimum atomic E-state index is -0.744. The molecule has 18 heavy (non-hydrogen) atoms. The third-order valence-electron chi connectivity index (χ3n) is 3.43. The molecule has 0 amide bonds. The van der Waals surface area contributed by atoms with E-state index >= 15 is 0 Å². The number of carbonyl (C=O) groups is 1. The van der Waals surface area contributed by atoms with Crippen LogP contribution >= 0.6 is 0 Å². The van der Waals surface area contributed by atoms with Crippen molar-refractivity contribution >= 4 is 22.8 Å². The minimum Gasteiger partial charge on any atom is -0.481 e. The van der Waals surface area contributed by atoms with Crippen LogP contribution in [0.3, 0.4) is 0 Å². The molecule has 3 rings (SSSR count). The number of carboxylic acids is 1. The van der Waals surface area contributed by atoms with Crippen molar-refractivity contribution in [2.45, 2.75) is 12.8 Å². The zero-order valence-electron chi connectivity index (χ0n) is 9.92. The molecule has 0 aromatic carbocycles. The molecule has 0 bridgehead atoms. The lowest BCUT2D eigenvalue weighted by molar-refractivity contribution is -0.142. The highest BCUT2D eigenvalue weighted by atomic mass is 16.4. The predicted octanol–water partition coefficient (Wildman–Crippen LogP) is 0.640. The third-order valence-corrected chi connectivity index (χ3v) is 3.43. The van der Waals surface area contributed by atoms with Crippen LogP contribution in [-0.2, 0) is 11.8 Å². The first kappa shape index (κ1) is 10.9. The van der Waals surface area contributed by atoms with Gasteiger partial charge in [-0.25, -0.2) is 9.97 Å². The maximum absolute atomic E-state index is 11.1. The molecule has 1 saturated carbocycles. The second-order valence-corrected chi connectivity index (χ2v) is 4.67. The Labute approximate surface area is 103 Å². The molecule has 1 aliphatic rings. The predicted molar refractivity (Wildman–Crippen MR) is 64.1 cm³/mol. The maximum Gasteiger partial charge on any atom is 0.311 e. The molecule has 0 radical (unpaired) electrons. The summed E-state index contributed by atoms with van der Waals surface area (Å²) in [4.78, 5) is 19.4. The zero-order valence-corrected chi connectivity index (χ0v) is 9.92. The van der Waals surface area contributed by atoms with E-state index in [2.05, 4.69) is 20.4 Å². The fourth-order valence-corrected chi connectivity index (χ4v) is 1.97. The first-order valence-electron chi connectivity index (χ1n) is 5.72. The Hall–Kier alpha value is -2.18. The van der Waals surface area contributed by atoms with Gasteiger partial charge in [0.15, 0.2) is 5.65 Å². The summed E-state index contributed by atoms with van der Waals surface area (Å²) in [5.41, 5.74) is 0.118. The van der Waals surface area contributed by atoms with Crippen molar-refractivity contribution in [1.82, 2.24) is 19.7 Å². The van der Waals surface area contributed by atoms with Gasteiger partial charge in [-0.1, -0.05) is 0 Å². The van der Waals surface area contributed by atoms with Crippen LogP contribution in [0.4, 0.5) is 5.82 Å². The van der Waals surface area contributed by atoms with Crippen molar-refractivity contribution in [3.05, 3.63) is 12.5 Å². The van der Waals surface area contributed by atoms with Crippen LogP contribution in [0, 0.1) is 5.41 Å². The van der Waals surface area contributed by atoms with Gasteiger partial charge < -0.3 is 10.4 Å². The number of aromatic nitrogens is 4. The van der Waals surface area contributed by atoms with E-state index in [1.54, 1.807) is 17.9 Å². The highest BCUT2D eigenvalue weighted by molar-refractivity contribution is 5.86. The molecular weight excluding hydrogens is 234 g/mol. The molecule has 7 heteroatoms. The van der Waals surface area contributed by atoms with E-state index in [1.807, 2.05) is 0 Å². The zero-order chi connectivity index (χ0) is 12.8. The first-order valence-corrected chi connectivity index (χ1v) is 5.72. The Morgan fingerprint density at radius 3 is 3.00 bits per heavy atom. The van der Waals surface area contributed by atoms with E-state index < -0.39 is 11.4 Å². The Morgan fingerprint density at radius 2 is 2.33 bits per heavy atom. The average Bonchev–Trinajstić information content (AvgIpc) is 3.07. The van der Waals surface area contributed by atoms with Gasteiger partial charge in [0.05, 0.1) is 17.0 Å². The number of aliphatic carboxylic acids is 1. The summed E-state index contributed by atoms with van der Waals surface area (Å²) >= 11 is 0. The molecule has 2 heterocycles. The number of hydrogen-bond donors (Lipinski definition) is 2. The van der Waals surface area contributed by atoms with Gasteiger partial charge in [0, 0.05) is 13.6 Å². The van der Waals surface area contributed by atoms with Crippen LogP contribution < -0.4 is 5.32 Å². The van der Waals surface area contributed by atoms with Gasteiger partial charge in [0.25, 0.3) is 0 Å². The smallest absolute Gasteiger partial charge is 0.311 e. The third kappa shape index (κ3) is 1.59. The Bertz CT molecular complexity index is 617. The molecule has 1 fully saturated rings. The molecule has 0 saturated heterocycles. The van der Waals surface area contributed by atoms with E-state index in [0.717, 1.165) is 23.9 Å². The van der Waals surface area contributed by atoms with Crippen LogP contribution in [0.5, 0.6) is 0 Å². The van der Waals surface area contributed by atoms with E-state index in [-0.39, 0.29) is 0 Å². The van der Waals surface area contributed by atoms with Crippen molar-refractivity contribution in [3.63, 3.8) is 0 Å². The number of nitrogens with one attached hydrogen (secondary N) is 1. The van der Waals surface area contributed by atoms with Crippen LogP contribution in [-0.4, -0.2) is 37.4 Å². The van der Waals surface area contributed by atoms with Gasteiger partial charge in [-0.3, -0.25) is 9.48 Å². The minimum absolute atomic E-state index is 0.392. The summed E-state index contributed by atoms with van der Waals surface area (Å²) in [5, 5.41) is 17.1. The molecule has 0 aliphatic heterocycles. The largest absolute Gasteiger partial charge is 0.481 e. The lowest BCUT2D eigenvalue weighted by Gasteiger charge is -2.11. The topological polar surface area (TPSA) is 92.9 Å². The molecule has 0 atom stereocenters. The summed E-state index contributed by atoms with van der Waals surface area (Å²) in [7, 11) is 1.80. The van der Waals surface area contributed by atoms with Gasteiger partial charge in [-0.2, -0.15) is 5.10 Å². The van der Waals surface area contributed by atoms with Crippen molar-refractivity contribution in [2.24, 2.45) is 12.5 Å². The van der Waals surface area contributed by atoms with E-state index in [4.69, 9.17) is 5.11 Å². The van der Waals surface area contributed by atoms with Crippen LogP contribution in [0.15, 0.2) is 12.5 Å². The van der Waals surface area contributed by atoms with Crippen LogP contribution in [0.25, 0.3) is 11.0 Å². The number of aryl methyl sites for hydroxylation is 1. The number of hydrogen-bond acceptors (Lipinski definition) is 5. The van der Waals surface area contributed by atoms with E-state index in [0.29, 0.717) is 12.4 Å². The Morgan fingerprint density at radius 1 is 1.56 bits per heavy atom. The van der Waals surface area contributed by atoms with E-state index in [9.17, 15) is 4.79 Å². The maximum atomic E-state index is 11.1. The lowest BCUT2D eigenvalue weighted by atomic mass is 10.1. The number of fused-ring (bicyclic) bond motifs is 1. The Balaban J connectivity index is 1.85. The van der Waals surface area contributed by atoms with Gasteiger partial charge in [0.1, 0.15) is 12.1 Å². The number of nitrogens with zero attached hydrogens (tertiary/aromatic N) is 4. The lowest BCUT2D eigenvalue weighted by Crippen LogP contribution is -2.24. The van der Waals surface area contributed by atoms with Crippen molar-refractivity contribution in [3.8, 4) is 0 Å². The molecule has 1 aliphatic carbocycles. The highest BCUT2D eigenvalue weighted by Crippen LogP contribution is 2.45. The monoisotopic (exact) mass is 247 g/mol. The van der Waals surface area contributed by atoms with Gasteiger partial charge in [-0.05, 0) is 12.8 Å². The van der Waals surface area contributed by atoms with Crippen molar-refractivity contribution < 1.29 is 9.90 Å². The second kappa shape index (κ2) is 3.66. The molecule has 2 aromatic heterocycles. The molecule has 0 spiro atoms. The summed E-state index contributed by atoms with van der Waals surface area (Å²) in [6, 6.07) is 0. The van der Waals surface area contributed by atoms with Gasteiger partial charge >= 0.3 is 5.97 Å². The standard InChI is InChI=1S/C11H13N5O2/c1-16-9-7(4-15-16)8(13-6-14-9)12-5-11(2-3-11)10(17)18/h4,6H,2-3,5H2,1H3,(H,17,18)(H,12,13,14). The summed E-state index contributed by atoms with van der Waals surface area (Å²) < 4.78 is 1.66. The van der Waals surface area contributed by atoms with Crippen molar-refractivity contribution in [2.75, 3.05) is 11.9 Å². The summed E-state index contributed by atoms with van der Waals surface area (Å²) in [5.74, 6) is -0.105. The molecule has 94 valence electrons. The SMILES string of the molecule is Cn1ncc2c(NCC3(C(=O)O)CC3)ncnc21. The van der Waals surface area contributed by atoms with Crippen molar-refractivity contribution in [1.29, 1.82) is 0 Å². The Kier molecular flexibility index (Phi) is 2.22. The number of rotatable bonds is 4. The fraction of sp³-hybridized carbons (Fsp3) is 0.455. The summed E-state index contributed by atoms with van der Waals surface area (Å²) in [6.45, 7) is 0.392. The molecular formula is C11H13N5O2. The highest BCUT2D eigenvalue weighted by Gasteiger charge is 2.50. The van der Waals surface area contributed by atoms with E-state index in [1.165, 1.54) is 6.33 Å². The first-order chi connectivity index (χ1) is 8.62. The second-order valence-electron chi connectivity index (χ2n) is 4.67. The molecule has 2 N–H and O–H groups in total. The molecule has 0 unspecified atom stereocenters. The molecule has 2 aromatic rings. The number of carboxylic acid groups (broad SMARTS) is 1. The fourth-order valence-electron chi connectivity index (χ4n) is 1.97. The van der Waals surface area contributed by atoms with Crippen LogP contribution in [0.1, 0.15) is 12.8 Å². The van der Waals surface area contributed by atoms with Gasteiger partial charge in [0.2, 0.25) is 0 Å². The van der Waals surface area contributed by atoms with Crippen LogP contribution in [0.2, 0.25) is 0 Å². The molecule has 7 nitrogen and oxygen atoms in total. The summed E-state index contributed by atoms with van der Waals surface area (Å²) in [6.07, 6.45) is 4.57. The average molecular weight is 247 g/mol. The normalized spacial score (nSPS) is 16.7. The number of anilines is 1. The van der Waals surface area contributed by atoms with Gasteiger partial charge in [-0.15, -0.1) is 0 Å². The quantitative estimate of drug-likeness (QED) is 0.823.